The summed E-state index contributed by atoms with van der Waals surface area (Å²) in [6, 6.07) is 0. The second kappa shape index (κ2) is 12.4. The molecule has 0 radical (unpaired) electrons. The van der Waals surface area contributed by atoms with Gasteiger partial charge in [-0.05, 0) is 19.3 Å². The summed E-state index contributed by atoms with van der Waals surface area (Å²) in [5, 5.41) is 9.76. The van der Waals surface area contributed by atoms with Crippen LogP contribution >= 0.6 is 0 Å². The largest absolute Gasteiger partial charge is 0.463 e. The lowest BCUT2D eigenvalue weighted by molar-refractivity contribution is -0.147. The van der Waals surface area contributed by atoms with Crippen LogP contribution in [-0.2, 0) is 28.5 Å². The quantitative estimate of drug-likeness (QED) is 0.661. The van der Waals surface area contributed by atoms with Crippen molar-refractivity contribution < 1.29 is 33.6 Å². The van der Waals surface area contributed by atoms with Crippen LogP contribution in [0.2, 0.25) is 0 Å². The number of aliphatic hydroxyl groups excluding tert-OH is 1. The number of rotatable bonds is 0. The van der Waals surface area contributed by atoms with Gasteiger partial charge in [-0.1, -0.05) is 6.42 Å². The third-order valence-electron chi connectivity index (χ3n) is 3.20. The van der Waals surface area contributed by atoms with Crippen molar-refractivity contribution in [3.8, 4) is 0 Å². The summed E-state index contributed by atoms with van der Waals surface area (Å²) in [5.41, 5.74) is 0. The van der Waals surface area contributed by atoms with Crippen LogP contribution in [0.1, 0.15) is 38.5 Å². The number of hydrogen-bond donors (Lipinski definition) is 1. The van der Waals surface area contributed by atoms with Gasteiger partial charge in [0.05, 0.1) is 32.5 Å². The van der Waals surface area contributed by atoms with Crippen molar-refractivity contribution in [2.24, 2.45) is 0 Å². The molecule has 1 N–H and O–H groups in total. The molecule has 0 bridgehead atoms. The summed E-state index contributed by atoms with van der Waals surface area (Å²) >= 11 is 0. The first-order valence-corrected chi connectivity index (χ1v) is 7.83. The lowest BCUT2D eigenvalue weighted by Crippen LogP contribution is -2.15. The third kappa shape index (κ3) is 10.5. The normalized spacial score (nSPS) is 25.2. The highest BCUT2D eigenvalue weighted by Crippen LogP contribution is 2.09. The highest BCUT2D eigenvalue weighted by molar-refractivity contribution is 5.69. The number of ether oxygens (including phenoxy) is 4. The molecule has 22 heavy (non-hydrogen) atoms. The number of aliphatic hydroxyl groups is 1. The molecule has 128 valence electrons. The van der Waals surface area contributed by atoms with Crippen LogP contribution in [0.15, 0.2) is 0 Å². The Morgan fingerprint density at radius 2 is 1.27 bits per heavy atom. The highest BCUT2D eigenvalue weighted by Gasteiger charge is 2.10. The minimum Gasteiger partial charge on any atom is -0.463 e. The molecule has 7 nitrogen and oxygen atoms in total. The topological polar surface area (TPSA) is 91.3 Å². The summed E-state index contributed by atoms with van der Waals surface area (Å²) in [7, 11) is 0. The minimum absolute atomic E-state index is 0.187. The second-order valence-corrected chi connectivity index (χ2v) is 5.10. The summed E-state index contributed by atoms with van der Waals surface area (Å²) in [6.07, 6.45) is 2.29. The van der Waals surface area contributed by atoms with E-state index in [-0.39, 0.29) is 31.6 Å². The molecule has 1 atom stereocenters. The molecule has 0 aromatic heterocycles. The molecule has 1 aliphatic heterocycles. The van der Waals surface area contributed by atoms with Crippen LogP contribution in [0.3, 0.4) is 0 Å². The predicted octanol–water partition coefficient (Wildman–Crippen LogP) is 0.821. The predicted molar refractivity (Wildman–Crippen MR) is 77.3 cm³/mol. The lowest BCUT2D eigenvalue weighted by atomic mass is 10.1. The summed E-state index contributed by atoms with van der Waals surface area (Å²) < 4.78 is 20.5. The molecular formula is C15H26O7. The Morgan fingerprint density at radius 1 is 0.727 bits per heavy atom. The van der Waals surface area contributed by atoms with Crippen LogP contribution in [0.25, 0.3) is 0 Å². The maximum atomic E-state index is 11.4. The monoisotopic (exact) mass is 318 g/mol. The van der Waals surface area contributed by atoms with Gasteiger partial charge in [0.15, 0.2) is 0 Å². The van der Waals surface area contributed by atoms with Crippen LogP contribution in [0.4, 0.5) is 0 Å². The molecule has 1 rings (SSSR count). The lowest BCUT2D eigenvalue weighted by Gasteiger charge is -2.10. The number of esters is 2. The van der Waals surface area contributed by atoms with Crippen LogP contribution < -0.4 is 0 Å². The van der Waals surface area contributed by atoms with E-state index in [4.69, 9.17) is 18.9 Å². The van der Waals surface area contributed by atoms with Gasteiger partial charge in [0.1, 0.15) is 13.2 Å². The number of hydrogen-bond acceptors (Lipinski definition) is 7. The van der Waals surface area contributed by atoms with Crippen molar-refractivity contribution in [1.29, 1.82) is 0 Å². The van der Waals surface area contributed by atoms with E-state index in [0.29, 0.717) is 52.1 Å². The zero-order chi connectivity index (χ0) is 16.0. The molecule has 1 unspecified atom stereocenters. The number of carbonyl (C=O) groups excluding carboxylic acids is 2. The van der Waals surface area contributed by atoms with Crippen molar-refractivity contribution in [3.05, 3.63) is 0 Å². The van der Waals surface area contributed by atoms with Crippen LogP contribution in [0, 0.1) is 0 Å². The fraction of sp³-hybridized carbons (Fsp3) is 0.867. The highest BCUT2D eigenvalue weighted by atomic mass is 16.6. The Hall–Kier alpha value is -1.18. The smallest absolute Gasteiger partial charge is 0.305 e. The van der Waals surface area contributed by atoms with E-state index in [9.17, 15) is 14.7 Å². The zero-order valence-corrected chi connectivity index (χ0v) is 13.0. The first kappa shape index (κ1) is 18.9. The number of cyclic esters (lactones) is 2. The third-order valence-corrected chi connectivity index (χ3v) is 3.20. The van der Waals surface area contributed by atoms with E-state index in [0.717, 1.165) is 6.42 Å². The van der Waals surface area contributed by atoms with Gasteiger partial charge in [0.2, 0.25) is 0 Å². The van der Waals surface area contributed by atoms with E-state index in [2.05, 4.69) is 0 Å². The Kier molecular flexibility index (Phi) is 10.6. The molecule has 0 aromatic carbocycles. The van der Waals surface area contributed by atoms with E-state index in [1.807, 2.05) is 0 Å². The Morgan fingerprint density at radius 3 is 1.91 bits per heavy atom. The molecule has 1 heterocycles. The molecule has 0 saturated carbocycles. The molecule has 7 heteroatoms. The van der Waals surface area contributed by atoms with E-state index >= 15 is 0 Å². The van der Waals surface area contributed by atoms with Crippen LogP contribution in [0.5, 0.6) is 0 Å². The van der Waals surface area contributed by atoms with Gasteiger partial charge in [-0.2, -0.15) is 0 Å². The van der Waals surface area contributed by atoms with Crippen molar-refractivity contribution in [2.45, 2.75) is 44.6 Å². The van der Waals surface area contributed by atoms with Crippen LogP contribution in [-0.4, -0.2) is 62.8 Å². The molecule has 0 amide bonds. The van der Waals surface area contributed by atoms with Gasteiger partial charge in [-0.15, -0.1) is 0 Å². The molecular weight excluding hydrogens is 292 g/mol. The van der Waals surface area contributed by atoms with Crippen molar-refractivity contribution in [1.82, 2.24) is 0 Å². The molecule has 0 aliphatic carbocycles. The molecule has 0 aromatic rings. The SMILES string of the molecule is O=C1CCCCC(O)CCC(=O)OCCOCCOCCO1. The van der Waals surface area contributed by atoms with Gasteiger partial charge in [-0.25, -0.2) is 0 Å². The van der Waals surface area contributed by atoms with Crippen molar-refractivity contribution in [3.63, 3.8) is 0 Å². The Bertz CT molecular complexity index is 319. The standard InChI is InChI=1S/C15H26O7/c16-13-3-1-2-4-14(17)21-11-9-19-7-8-20-10-12-22-15(18)6-5-13/h13,16H,1-12H2. The number of carbonyl (C=O) groups is 2. The maximum Gasteiger partial charge on any atom is 0.305 e. The summed E-state index contributed by atoms with van der Waals surface area (Å²) in [5.74, 6) is -0.587. The first-order valence-electron chi connectivity index (χ1n) is 7.83. The maximum absolute atomic E-state index is 11.4. The second-order valence-electron chi connectivity index (χ2n) is 5.10. The average molecular weight is 318 g/mol. The fourth-order valence-electron chi connectivity index (χ4n) is 1.97. The molecule has 0 spiro atoms. The zero-order valence-electron chi connectivity index (χ0n) is 13.0. The van der Waals surface area contributed by atoms with E-state index in [1.165, 1.54) is 0 Å². The Balaban J connectivity index is 2.27. The van der Waals surface area contributed by atoms with E-state index in [1.54, 1.807) is 0 Å². The van der Waals surface area contributed by atoms with Gasteiger partial charge in [0.25, 0.3) is 0 Å². The summed E-state index contributed by atoms with van der Waals surface area (Å²) in [4.78, 5) is 22.9. The first-order chi connectivity index (χ1) is 10.7. The molecule has 1 saturated heterocycles. The van der Waals surface area contributed by atoms with Gasteiger partial charge < -0.3 is 24.1 Å². The Labute approximate surface area is 130 Å². The fourth-order valence-corrected chi connectivity index (χ4v) is 1.97. The average Bonchev–Trinajstić information content (AvgIpc) is 2.50. The molecule has 1 fully saturated rings. The van der Waals surface area contributed by atoms with Gasteiger partial charge in [-0.3, -0.25) is 9.59 Å². The van der Waals surface area contributed by atoms with Crippen molar-refractivity contribution in [2.75, 3.05) is 39.6 Å². The van der Waals surface area contributed by atoms with Gasteiger partial charge >= 0.3 is 11.9 Å². The summed E-state index contributed by atoms with van der Waals surface area (Å²) in [6.45, 7) is 1.88. The minimum atomic E-state index is -0.546. The van der Waals surface area contributed by atoms with E-state index < -0.39 is 6.10 Å². The van der Waals surface area contributed by atoms with Crippen molar-refractivity contribution >= 4 is 11.9 Å². The van der Waals surface area contributed by atoms with Gasteiger partial charge in [0, 0.05) is 12.8 Å². The molecule has 1 aliphatic rings.